The van der Waals surface area contributed by atoms with Crippen LogP contribution in [0.3, 0.4) is 0 Å². The molecule has 3 nitrogen and oxygen atoms in total. The van der Waals surface area contributed by atoms with Crippen LogP contribution in [0.25, 0.3) is 0 Å². The van der Waals surface area contributed by atoms with Crippen LogP contribution in [0.15, 0.2) is 18.2 Å². The number of aryl methyl sites for hydroxylation is 1. The van der Waals surface area contributed by atoms with Crippen molar-refractivity contribution in [2.24, 2.45) is 5.92 Å². The molecule has 0 spiro atoms. The van der Waals surface area contributed by atoms with Gasteiger partial charge in [0.2, 0.25) is 6.41 Å². The third-order valence-corrected chi connectivity index (χ3v) is 3.75. The molecule has 4 heteroatoms. The Labute approximate surface area is 125 Å². The molecule has 0 aromatic heterocycles. The lowest BCUT2D eigenvalue weighted by Gasteiger charge is -2.08. The molecule has 0 aliphatic rings. The standard InChI is InChI=1S/C16H22ClNO2/c1-12(2)15(20)10-5-3-4-7-13-8-6-9-14(16(13)17)18-11-19/h6,8-9,11-12H,3-5,7,10H2,1-2H3,(H,18,19). The van der Waals surface area contributed by atoms with Crippen molar-refractivity contribution >= 4 is 29.5 Å². The first-order chi connectivity index (χ1) is 9.56. The Morgan fingerprint density at radius 3 is 2.70 bits per heavy atom. The number of anilines is 1. The number of carbonyl (C=O) groups excluding carboxylic acids is 2. The molecule has 0 unspecified atom stereocenters. The monoisotopic (exact) mass is 295 g/mol. The van der Waals surface area contributed by atoms with Crippen LogP contribution in [0.5, 0.6) is 0 Å². The molecule has 1 N–H and O–H groups in total. The van der Waals surface area contributed by atoms with Gasteiger partial charge in [0.15, 0.2) is 0 Å². The summed E-state index contributed by atoms with van der Waals surface area (Å²) in [4.78, 5) is 21.9. The zero-order chi connectivity index (χ0) is 15.0. The van der Waals surface area contributed by atoms with Gasteiger partial charge in [0.25, 0.3) is 0 Å². The molecule has 1 aromatic carbocycles. The van der Waals surface area contributed by atoms with Gasteiger partial charge in [-0.1, -0.05) is 44.0 Å². The minimum absolute atomic E-state index is 0.135. The van der Waals surface area contributed by atoms with Crippen molar-refractivity contribution in [2.75, 3.05) is 5.32 Å². The summed E-state index contributed by atoms with van der Waals surface area (Å²) in [5, 5.41) is 3.20. The molecular formula is C16H22ClNO2. The van der Waals surface area contributed by atoms with Crippen molar-refractivity contribution in [1.82, 2.24) is 0 Å². The molecule has 0 fully saturated rings. The fraction of sp³-hybridized carbons (Fsp3) is 0.500. The van der Waals surface area contributed by atoms with Gasteiger partial charge >= 0.3 is 0 Å². The Bertz CT molecular complexity index is 458. The van der Waals surface area contributed by atoms with Crippen LogP contribution in [-0.4, -0.2) is 12.2 Å². The lowest BCUT2D eigenvalue weighted by Crippen LogP contribution is -2.06. The quantitative estimate of drug-likeness (QED) is 0.547. The second kappa shape index (κ2) is 8.75. The van der Waals surface area contributed by atoms with E-state index in [0.717, 1.165) is 31.2 Å². The normalized spacial score (nSPS) is 10.6. The molecule has 0 bridgehead atoms. The molecule has 0 saturated carbocycles. The van der Waals surface area contributed by atoms with Crippen molar-refractivity contribution in [2.45, 2.75) is 46.0 Å². The summed E-state index contributed by atoms with van der Waals surface area (Å²) < 4.78 is 0. The zero-order valence-corrected chi connectivity index (χ0v) is 12.9. The van der Waals surface area contributed by atoms with E-state index in [1.807, 2.05) is 26.0 Å². The lowest BCUT2D eigenvalue weighted by atomic mass is 10.0. The van der Waals surface area contributed by atoms with E-state index in [2.05, 4.69) is 5.32 Å². The fourth-order valence-corrected chi connectivity index (χ4v) is 2.30. The molecule has 20 heavy (non-hydrogen) atoms. The molecule has 0 aliphatic carbocycles. The highest BCUT2D eigenvalue weighted by Crippen LogP contribution is 2.26. The third kappa shape index (κ3) is 5.33. The molecule has 1 aromatic rings. The van der Waals surface area contributed by atoms with Crippen LogP contribution < -0.4 is 5.32 Å². The second-order valence-corrected chi connectivity index (χ2v) is 5.60. The molecule has 0 saturated heterocycles. The van der Waals surface area contributed by atoms with Crippen molar-refractivity contribution in [3.8, 4) is 0 Å². The van der Waals surface area contributed by atoms with Crippen LogP contribution in [0.1, 0.15) is 45.1 Å². The minimum atomic E-state index is 0.135. The summed E-state index contributed by atoms with van der Waals surface area (Å²) in [6, 6.07) is 5.63. The van der Waals surface area contributed by atoms with Crippen molar-refractivity contribution in [3.05, 3.63) is 28.8 Å². The van der Waals surface area contributed by atoms with Crippen LogP contribution >= 0.6 is 11.6 Å². The number of rotatable bonds is 9. The number of hydrogen-bond donors (Lipinski definition) is 1. The Balaban J connectivity index is 2.37. The summed E-state index contributed by atoms with van der Waals surface area (Å²) >= 11 is 6.22. The number of hydrogen-bond acceptors (Lipinski definition) is 2. The summed E-state index contributed by atoms with van der Waals surface area (Å²) in [6.45, 7) is 3.88. The van der Waals surface area contributed by atoms with E-state index >= 15 is 0 Å². The first kappa shape index (κ1) is 16.7. The third-order valence-electron chi connectivity index (χ3n) is 3.31. The van der Waals surface area contributed by atoms with Gasteiger partial charge in [0.05, 0.1) is 10.7 Å². The van der Waals surface area contributed by atoms with Gasteiger partial charge in [-0.15, -0.1) is 0 Å². The van der Waals surface area contributed by atoms with Crippen LogP contribution in [0.2, 0.25) is 5.02 Å². The van der Waals surface area contributed by atoms with Gasteiger partial charge in [-0.25, -0.2) is 0 Å². The Morgan fingerprint density at radius 2 is 2.05 bits per heavy atom. The molecule has 0 radical (unpaired) electrons. The average molecular weight is 296 g/mol. The minimum Gasteiger partial charge on any atom is -0.327 e. The van der Waals surface area contributed by atoms with Gasteiger partial charge in [0.1, 0.15) is 5.78 Å². The number of nitrogens with one attached hydrogen (secondary N) is 1. The van der Waals surface area contributed by atoms with E-state index in [4.69, 9.17) is 11.6 Å². The average Bonchev–Trinajstić information content (AvgIpc) is 2.42. The second-order valence-electron chi connectivity index (χ2n) is 5.22. The smallest absolute Gasteiger partial charge is 0.211 e. The molecule has 1 amide bonds. The zero-order valence-electron chi connectivity index (χ0n) is 12.1. The number of ketones is 1. The maximum absolute atomic E-state index is 11.5. The lowest BCUT2D eigenvalue weighted by molar-refractivity contribution is -0.122. The van der Waals surface area contributed by atoms with Crippen molar-refractivity contribution < 1.29 is 9.59 Å². The topological polar surface area (TPSA) is 46.2 Å². The summed E-state index contributed by atoms with van der Waals surface area (Å²) in [5.41, 5.74) is 1.68. The number of benzene rings is 1. The maximum atomic E-state index is 11.5. The Kier molecular flexibility index (Phi) is 7.31. The number of carbonyl (C=O) groups is 2. The molecule has 110 valence electrons. The highest BCUT2D eigenvalue weighted by molar-refractivity contribution is 6.34. The van der Waals surface area contributed by atoms with E-state index in [0.29, 0.717) is 29.3 Å². The predicted molar refractivity (Wildman–Crippen MR) is 83.2 cm³/mol. The highest BCUT2D eigenvalue weighted by Gasteiger charge is 2.07. The van der Waals surface area contributed by atoms with Gasteiger partial charge in [-0.05, 0) is 30.9 Å². The number of halogens is 1. The number of amides is 1. The molecule has 1 rings (SSSR count). The van der Waals surface area contributed by atoms with Gasteiger partial charge in [0, 0.05) is 12.3 Å². The van der Waals surface area contributed by atoms with Gasteiger partial charge in [-0.2, -0.15) is 0 Å². The van der Waals surface area contributed by atoms with Crippen LogP contribution in [0, 0.1) is 5.92 Å². The Morgan fingerprint density at radius 1 is 1.30 bits per heavy atom. The molecule has 0 heterocycles. The Hall–Kier alpha value is -1.35. The maximum Gasteiger partial charge on any atom is 0.211 e. The number of Topliss-reactive ketones (excluding diaryl/α,β-unsaturated/α-hetero) is 1. The van der Waals surface area contributed by atoms with Crippen molar-refractivity contribution in [1.29, 1.82) is 0 Å². The first-order valence-electron chi connectivity index (χ1n) is 7.06. The number of unbranched alkanes of at least 4 members (excludes halogenated alkanes) is 2. The van der Waals surface area contributed by atoms with Gasteiger partial charge in [-0.3, -0.25) is 9.59 Å². The summed E-state index contributed by atoms with van der Waals surface area (Å²) in [5.74, 6) is 0.468. The summed E-state index contributed by atoms with van der Waals surface area (Å²) in [7, 11) is 0. The largest absolute Gasteiger partial charge is 0.327 e. The first-order valence-corrected chi connectivity index (χ1v) is 7.44. The predicted octanol–water partition coefficient (Wildman–Crippen LogP) is 4.24. The van der Waals surface area contributed by atoms with E-state index in [1.54, 1.807) is 6.07 Å². The van der Waals surface area contributed by atoms with Crippen LogP contribution in [-0.2, 0) is 16.0 Å². The fourth-order valence-electron chi connectivity index (χ4n) is 2.03. The molecule has 0 atom stereocenters. The van der Waals surface area contributed by atoms with E-state index in [-0.39, 0.29) is 5.92 Å². The van der Waals surface area contributed by atoms with E-state index in [1.165, 1.54) is 0 Å². The molecular weight excluding hydrogens is 274 g/mol. The van der Waals surface area contributed by atoms with Gasteiger partial charge < -0.3 is 5.32 Å². The SMILES string of the molecule is CC(C)C(=O)CCCCCc1cccc(NC=O)c1Cl. The van der Waals surface area contributed by atoms with E-state index < -0.39 is 0 Å². The summed E-state index contributed by atoms with van der Waals surface area (Å²) in [6.07, 6.45) is 5.10. The highest BCUT2D eigenvalue weighted by atomic mass is 35.5. The van der Waals surface area contributed by atoms with Crippen molar-refractivity contribution in [3.63, 3.8) is 0 Å². The van der Waals surface area contributed by atoms with E-state index in [9.17, 15) is 9.59 Å². The molecule has 0 aliphatic heterocycles. The van der Waals surface area contributed by atoms with Crippen LogP contribution in [0.4, 0.5) is 5.69 Å².